The Bertz CT molecular complexity index is 1170. The van der Waals surface area contributed by atoms with E-state index in [0.717, 1.165) is 12.0 Å². The highest BCUT2D eigenvalue weighted by molar-refractivity contribution is 6.31. The van der Waals surface area contributed by atoms with E-state index in [2.05, 4.69) is 5.32 Å². The zero-order valence-corrected chi connectivity index (χ0v) is 19.5. The third-order valence-corrected chi connectivity index (χ3v) is 5.02. The quantitative estimate of drug-likeness (QED) is 0.266. The normalized spacial score (nSPS) is 10.9. The molecule has 7 heteroatoms. The smallest absolute Gasteiger partial charge is 0.266 e. The second-order valence-corrected chi connectivity index (χ2v) is 7.97. The van der Waals surface area contributed by atoms with Gasteiger partial charge in [0, 0.05) is 21.3 Å². The first-order valence-electron chi connectivity index (χ1n) is 10.3. The van der Waals surface area contributed by atoms with Crippen LogP contribution in [0, 0.1) is 11.3 Å². The van der Waals surface area contributed by atoms with E-state index >= 15 is 0 Å². The van der Waals surface area contributed by atoms with Crippen LogP contribution in [0.1, 0.15) is 24.5 Å². The Hall–Kier alpha value is -3.46. The number of nitriles is 1. The van der Waals surface area contributed by atoms with E-state index in [1.165, 1.54) is 6.08 Å². The van der Waals surface area contributed by atoms with E-state index < -0.39 is 5.91 Å². The number of carbonyl (C=O) groups is 1. The van der Waals surface area contributed by atoms with Crippen LogP contribution in [0.4, 0.5) is 5.69 Å². The van der Waals surface area contributed by atoms with Gasteiger partial charge in [-0.25, -0.2) is 0 Å². The van der Waals surface area contributed by atoms with Crippen molar-refractivity contribution < 1.29 is 14.3 Å². The lowest BCUT2D eigenvalue weighted by Crippen LogP contribution is -2.13. The molecule has 0 spiro atoms. The Morgan fingerprint density at radius 1 is 1.00 bits per heavy atom. The first kappa shape index (κ1) is 24.2. The van der Waals surface area contributed by atoms with Gasteiger partial charge in [-0.15, -0.1) is 0 Å². The lowest BCUT2D eigenvalue weighted by Gasteiger charge is -2.10. The molecule has 0 bridgehead atoms. The lowest BCUT2D eigenvalue weighted by molar-refractivity contribution is -0.112. The van der Waals surface area contributed by atoms with Gasteiger partial charge in [0.05, 0.1) is 6.61 Å². The maximum atomic E-state index is 12.7. The molecule has 0 saturated heterocycles. The number of amides is 1. The van der Waals surface area contributed by atoms with Crippen molar-refractivity contribution in [3.05, 3.63) is 93.5 Å². The van der Waals surface area contributed by atoms with Crippen LogP contribution in [0.5, 0.6) is 11.5 Å². The van der Waals surface area contributed by atoms with Gasteiger partial charge in [-0.3, -0.25) is 4.79 Å². The molecule has 0 aliphatic carbocycles. The molecule has 0 aliphatic rings. The zero-order valence-electron chi connectivity index (χ0n) is 18.0. The SMILES string of the molecule is CCCOc1ccc(Cl)cc1/C=C(\C#N)C(=O)Nc1ccc(OCc2ccc(Cl)cc2)cc1. The fourth-order valence-corrected chi connectivity index (χ4v) is 3.17. The summed E-state index contributed by atoms with van der Waals surface area (Å²) in [5, 5.41) is 13.4. The molecule has 0 unspecified atom stereocenters. The number of ether oxygens (including phenoxy) is 2. The second-order valence-electron chi connectivity index (χ2n) is 7.09. The highest BCUT2D eigenvalue weighted by Crippen LogP contribution is 2.26. The molecule has 1 amide bonds. The molecule has 33 heavy (non-hydrogen) atoms. The first-order valence-corrected chi connectivity index (χ1v) is 11.1. The summed E-state index contributed by atoms with van der Waals surface area (Å²) in [4.78, 5) is 12.7. The summed E-state index contributed by atoms with van der Waals surface area (Å²) in [7, 11) is 0. The number of hydrogen-bond acceptors (Lipinski definition) is 4. The van der Waals surface area contributed by atoms with Gasteiger partial charge in [0.25, 0.3) is 5.91 Å². The summed E-state index contributed by atoms with van der Waals surface area (Å²) in [6.07, 6.45) is 2.30. The first-order chi connectivity index (χ1) is 16.0. The molecule has 5 nitrogen and oxygen atoms in total. The van der Waals surface area contributed by atoms with Gasteiger partial charge in [0.15, 0.2) is 0 Å². The highest BCUT2D eigenvalue weighted by atomic mass is 35.5. The maximum Gasteiger partial charge on any atom is 0.266 e. The summed E-state index contributed by atoms with van der Waals surface area (Å²) >= 11 is 12.0. The molecule has 0 radical (unpaired) electrons. The molecule has 168 valence electrons. The third-order valence-electron chi connectivity index (χ3n) is 4.53. The number of hydrogen-bond donors (Lipinski definition) is 1. The third kappa shape index (κ3) is 7.28. The van der Waals surface area contributed by atoms with Gasteiger partial charge in [-0.05, 0) is 72.7 Å². The molecule has 1 N–H and O–H groups in total. The van der Waals surface area contributed by atoms with Crippen molar-refractivity contribution in [2.75, 3.05) is 11.9 Å². The molecule has 0 saturated carbocycles. The zero-order chi connectivity index (χ0) is 23.6. The predicted octanol–water partition coefficient (Wildman–Crippen LogP) is 6.91. The van der Waals surface area contributed by atoms with Crippen LogP contribution in [0.25, 0.3) is 6.08 Å². The molecule has 0 heterocycles. The number of halogens is 2. The molecule has 0 atom stereocenters. The van der Waals surface area contributed by atoms with Crippen LogP contribution >= 0.6 is 23.2 Å². The number of nitrogens with one attached hydrogen (secondary N) is 1. The minimum atomic E-state index is -0.534. The van der Waals surface area contributed by atoms with Gasteiger partial charge in [-0.2, -0.15) is 5.26 Å². The van der Waals surface area contributed by atoms with Crippen LogP contribution in [-0.4, -0.2) is 12.5 Å². The number of nitrogens with zero attached hydrogens (tertiary/aromatic N) is 1. The second kappa shape index (κ2) is 12.0. The standard InChI is InChI=1S/C26H22Cl2N2O3/c1-2-13-32-25-12-7-22(28)15-19(25)14-20(16-29)26(31)30-23-8-10-24(11-9-23)33-17-18-3-5-21(27)6-4-18/h3-12,14-15H,2,13,17H2,1H3,(H,30,31)/b20-14+. The molecule has 0 aromatic heterocycles. The van der Waals surface area contributed by atoms with E-state index in [0.29, 0.717) is 46.0 Å². The summed E-state index contributed by atoms with van der Waals surface area (Å²) < 4.78 is 11.4. The Balaban J connectivity index is 1.66. The van der Waals surface area contributed by atoms with Crippen molar-refractivity contribution in [1.82, 2.24) is 0 Å². The Kier molecular flexibility index (Phi) is 8.77. The monoisotopic (exact) mass is 480 g/mol. The predicted molar refractivity (Wildman–Crippen MR) is 132 cm³/mol. The average Bonchev–Trinajstić information content (AvgIpc) is 2.82. The van der Waals surface area contributed by atoms with Crippen molar-refractivity contribution in [1.29, 1.82) is 5.26 Å². The number of anilines is 1. The van der Waals surface area contributed by atoms with Crippen LogP contribution in [-0.2, 0) is 11.4 Å². The van der Waals surface area contributed by atoms with E-state index in [1.54, 1.807) is 42.5 Å². The van der Waals surface area contributed by atoms with Crippen LogP contribution in [0.15, 0.2) is 72.3 Å². The van der Waals surface area contributed by atoms with Crippen molar-refractivity contribution in [2.24, 2.45) is 0 Å². The van der Waals surface area contributed by atoms with Gasteiger partial charge in [0.1, 0.15) is 29.7 Å². The maximum absolute atomic E-state index is 12.7. The summed E-state index contributed by atoms with van der Waals surface area (Å²) in [6, 6.07) is 21.3. The molecule has 3 rings (SSSR count). The number of benzene rings is 3. The minimum Gasteiger partial charge on any atom is -0.493 e. The van der Waals surface area contributed by atoms with Gasteiger partial charge >= 0.3 is 0 Å². The summed E-state index contributed by atoms with van der Waals surface area (Å²) in [6.45, 7) is 2.91. The fraction of sp³-hybridized carbons (Fsp3) is 0.154. The van der Waals surface area contributed by atoms with E-state index in [1.807, 2.05) is 37.3 Å². The van der Waals surface area contributed by atoms with Gasteiger partial charge in [0.2, 0.25) is 0 Å². The van der Waals surface area contributed by atoms with Gasteiger partial charge in [-0.1, -0.05) is 42.3 Å². The van der Waals surface area contributed by atoms with Crippen LogP contribution in [0.2, 0.25) is 10.0 Å². The Labute approximate surface area is 203 Å². The highest BCUT2D eigenvalue weighted by Gasteiger charge is 2.12. The van der Waals surface area contributed by atoms with Crippen molar-refractivity contribution in [3.8, 4) is 17.6 Å². The molecule has 0 fully saturated rings. The molecular weight excluding hydrogens is 459 g/mol. The average molecular weight is 481 g/mol. The summed E-state index contributed by atoms with van der Waals surface area (Å²) in [5.41, 5.74) is 2.02. The van der Waals surface area contributed by atoms with E-state index in [-0.39, 0.29) is 5.57 Å². The van der Waals surface area contributed by atoms with Crippen molar-refractivity contribution in [2.45, 2.75) is 20.0 Å². The van der Waals surface area contributed by atoms with Crippen LogP contribution < -0.4 is 14.8 Å². The molecule has 3 aromatic rings. The Morgan fingerprint density at radius 2 is 1.70 bits per heavy atom. The van der Waals surface area contributed by atoms with E-state index in [9.17, 15) is 10.1 Å². The van der Waals surface area contributed by atoms with Crippen molar-refractivity contribution >= 4 is 40.9 Å². The molecular formula is C26H22Cl2N2O3. The van der Waals surface area contributed by atoms with Gasteiger partial charge < -0.3 is 14.8 Å². The number of carbonyl (C=O) groups excluding carboxylic acids is 1. The number of rotatable bonds is 9. The molecule has 3 aromatic carbocycles. The lowest BCUT2D eigenvalue weighted by atomic mass is 10.1. The topological polar surface area (TPSA) is 71.3 Å². The van der Waals surface area contributed by atoms with Crippen LogP contribution in [0.3, 0.4) is 0 Å². The minimum absolute atomic E-state index is 0.0679. The summed E-state index contributed by atoms with van der Waals surface area (Å²) in [5.74, 6) is 0.674. The van der Waals surface area contributed by atoms with Crippen molar-refractivity contribution in [3.63, 3.8) is 0 Å². The molecule has 0 aliphatic heterocycles. The fourth-order valence-electron chi connectivity index (χ4n) is 2.86. The largest absolute Gasteiger partial charge is 0.493 e. The van der Waals surface area contributed by atoms with E-state index in [4.69, 9.17) is 32.7 Å². The Morgan fingerprint density at radius 3 is 2.36 bits per heavy atom.